The first-order valence-corrected chi connectivity index (χ1v) is 11.5. The number of fused-ring (bicyclic) bond motifs is 6. The standard InChI is InChI=1S/C32H20N2/c1-2-10-23-20-24(17-16-21(23)8-1)28-14-7-15-30(33-28)32-27-19-18-22-9-3-4-11-25(22)31(27)26-12-5-6-13-29(26)34-32/h1-20H. The predicted octanol–water partition coefficient (Wildman–Crippen LogP) is 8.42. The zero-order valence-corrected chi connectivity index (χ0v) is 18.4. The molecule has 7 rings (SSSR count). The van der Waals surface area contributed by atoms with Crippen LogP contribution in [0.15, 0.2) is 121 Å². The van der Waals surface area contributed by atoms with Gasteiger partial charge in [-0.2, -0.15) is 0 Å². The zero-order chi connectivity index (χ0) is 22.5. The van der Waals surface area contributed by atoms with Gasteiger partial charge in [0.1, 0.15) is 0 Å². The van der Waals surface area contributed by atoms with Crippen LogP contribution in [0.1, 0.15) is 0 Å². The smallest absolute Gasteiger partial charge is 0.0972 e. The van der Waals surface area contributed by atoms with E-state index in [0.29, 0.717) is 0 Å². The van der Waals surface area contributed by atoms with E-state index in [1.54, 1.807) is 0 Å². The summed E-state index contributed by atoms with van der Waals surface area (Å²) in [5, 5.41) is 8.45. The molecule has 158 valence electrons. The maximum absolute atomic E-state index is 5.10. The van der Waals surface area contributed by atoms with Crippen LogP contribution in [0.25, 0.3) is 65.9 Å². The lowest BCUT2D eigenvalue weighted by Gasteiger charge is -2.13. The lowest BCUT2D eigenvalue weighted by atomic mass is 9.96. The Morgan fingerprint density at radius 3 is 2.03 bits per heavy atom. The van der Waals surface area contributed by atoms with Gasteiger partial charge in [-0.1, -0.05) is 97.1 Å². The van der Waals surface area contributed by atoms with E-state index in [4.69, 9.17) is 9.97 Å². The fraction of sp³-hybridized carbons (Fsp3) is 0. The van der Waals surface area contributed by atoms with Gasteiger partial charge in [0, 0.05) is 21.7 Å². The number of hydrogen-bond acceptors (Lipinski definition) is 2. The second-order valence-corrected chi connectivity index (χ2v) is 8.66. The number of nitrogens with zero attached hydrogens (tertiary/aromatic N) is 2. The van der Waals surface area contributed by atoms with Gasteiger partial charge in [-0.15, -0.1) is 0 Å². The molecule has 0 saturated heterocycles. The number of para-hydroxylation sites is 1. The van der Waals surface area contributed by atoms with Gasteiger partial charge in [0.25, 0.3) is 0 Å². The van der Waals surface area contributed by atoms with Crippen LogP contribution in [-0.2, 0) is 0 Å². The van der Waals surface area contributed by atoms with Gasteiger partial charge >= 0.3 is 0 Å². The molecule has 0 aliphatic heterocycles. The van der Waals surface area contributed by atoms with Gasteiger partial charge in [0.15, 0.2) is 0 Å². The molecular weight excluding hydrogens is 412 g/mol. The van der Waals surface area contributed by atoms with E-state index in [1.165, 1.54) is 32.3 Å². The molecule has 0 fully saturated rings. The normalized spacial score (nSPS) is 11.5. The molecule has 5 aromatic carbocycles. The second-order valence-electron chi connectivity index (χ2n) is 8.66. The molecule has 34 heavy (non-hydrogen) atoms. The highest BCUT2D eigenvalue weighted by atomic mass is 14.8. The molecule has 0 atom stereocenters. The monoisotopic (exact) mass is 432 g/mol. The highest BCUT2D eigenvalue weighted by Crippen LogP contribution is 2.37. The molecule has 7 aromatic rings. The van der Waals surface area contributed by atoms with Gasteiger partial charge < -0.3 is 0 Å². The first-order chi connectivity index (χ1) is 16.8. The van der Waals surface area contributed by atoms with Crippen molar-refractivity contribution in [1.82, 2.24) is 9.97 Å². The fourth-order valence-corrected chi connectivity index (χ4v) is 4.99. The van der Waals surface area contributed by atoms with Crippen LogP contribution in [-0.4, -0.2) is 9.97 Å². The SMILES string of the molecule is c1cc(-c2ccc3ccccc3c2)nc(-c2nc3ccccc3c3c2ccc2ccccc23)c1. The molecule has 0 unspecified atom stereocenters. The Morgan fingerprint density at radius 1 is 0.412 bits per heavy atom. The number of hydrogen-bond donors (Lipinski definition) is 0. The number of pyridine rings is 2. The van der Waals surface area contributed by atoms with Gasteiger partial charge in [0.2, 0.25) is 0 Å². The summed E-state index contributed by atoms with van der Waals surface area (Å²) >= 11 is 0. The van der Waals surface area contributed by atoms with E-state index in [0.717, 1.165) is 33.5 Å². The fourth-order valence-electron chi connectivity index (χ4n) is 4.99. The van der Waals surface area contributed by atoms with E-state index < -0.39 is 0 Å². The first kappa shape index (κ1) is 19.0. The van der Waals surface area contributed by atoms with Crippen LogP contribution < -0.4 is 0 Å². The topological polar surface area (TPSA) is 25.8 Å². The Morgan fingerprint density at radius 2 is 1.12 bits per heavy atom. The summed E-state index contributed by atoms with van der Waals surface area (Å²) in [4.78, 5) is 10.2. The van der Waals surface area contributed by atoms with Crippen LogP contribution >= 0.6 is 0 Å². The summed E-state index contributed by atoms with van der Waals surface area (Å²) < 4.78 is 0. The van der Waals surface area contributed by atoms with Crippen LogP contribution in [0, 0.1) is 0 Å². The summed E-state index contributed by atoms with van der Waals surface area (Å²) in [6.07, 6.45) is 0. The maximum Gasteiger partial charge on any atom is 0.0972 e. The zero-order valence-electron chi connectivity index (χ0n) is 18.4. The first-order valence-electron chi connectivity index (χ1n) is 11.5. The molecule has 0 amide bonds. The molecule has 2 nitrogen and oxygen atoms in total. The molecule has 2 heteroatoms. The Hall–Kier alpha value is -4.56. The van der Waals surface area contributed by atoms with Crippen molar-refractivity contribution >= 4 is 43.2 Å². The summed E-state index contributed by atoms with van der Waals surface area (Å²) in [6, 6.07) is 42.5. The lowest BCUT2D eigenvalue weighted by molar-refractivity contribution is 1.29. The van der Waals surface area contributed by atoms with Crippen molar-refractivity contribution in [3.63, 3.8) is 0 Å². The highest BCUT2D eigenvalue weighted by Gasteiger charge is 2.14. The third-order valence-electron chi connectivity index (χ3n) is 6.63. The minimum atomic E-state index is 0.886. The molecule has 0 N–H and O–H groups in total. The number of aromatic nitrogens is 2. The molecule has 2 aromatic heterocycles. The average molecular weight is 433 g/mol. The molecule has 0 saturated carbocycles. The largest absolute Gasteiger partial charge is 0.246 e. The van der Waals surface area contributed by atoms with Crippen LogP contribution in [0.4, 0.5) is 0 Å². The van der Waals surface area contributed by atoms with E-state index in [2.05, 4.69) is 121 Å². The van der Waals surface area contributed by atoms with E-state index in [9.17, 15) is 0 Å². The van der Waals surface area contributed by atoms with Gasteiger partial charge in [0.05, 0.1) is 22.6 Å². The van der Waals surface area contributed by atoms with Crippen LogP contribution in [0.3, 0.4) is 0 Å². The summed E-state index contributed by atoms with van der Waals surface area (Å²) in [5.41, 5.74) is 4.85. The van der Waals surface area contributed by atoms with Gasteiger partial charge in [-0.05, 0) is 45.8 Å². The van der Waals surface area contributed by atoms with Crippen molar-refractivity contribution in [2.75, 3.05) is 0 Å². The van der Waals surface area contributed by atoms with Crippen molar-refractivity contribution in [3.05, 3.63) is 121 Å². The molecule has 0 bridgehead atoms. The van der Waals surface area contributed by atoms with E-state index in [1.807, 2.05) is 0 Å². The summed E-state index contributed by atoms with van der Waals surface area (Å²) in [7, 11) is 0. The lowest BCUT2D eigenvalue weighted by Crippen LogP contribution is -1.94. The molecule has 0 aliphatic carbocycles. The summed E-state index contributed by atoms with van der Waals surface area (Å²) in [5.74, 6) is 0. The van der Waals surface area contributed by atoms with Crippen molar-refractivity contribution in [1.29, 1.82) is 0 Å². The van der Waals surface area contributed by atoms with E-state index in [-0.39, 0.29) is 0 Å². The number of rotatable bonds is 2. The second kappa shape index (κ2) is 7.50. The molecule has 0 spiro atoms. The van der Waals surface area contributed by atoms with Crippen molar-refractivity contribution < 1.29 is 0 Å². The minimum Gasteiger partial charge on any atom is -0.246 e. The highest BCUT2D eigenvalue weighted by molar-refractivity contribution is 6.22. The molecule has 2 heterocycles. The molecular formula is C32H20N2. The van der Waals surface area contributed by atoms with Gasteiger partial charge in [-0.25, -0.2) is 9.97 Å². The molecule has 0 aliphatic rings. The van der Waals surface area contributed by atoms with Crippen molar-refractivity contribution in [2.45, 2.75) is 0 Å². The Labute approximate surface area is 197 Å². The quantitative estimate of drug-likeness (QED) is 0.256. The van der Waals surface area contributed by atoms with Crippen LogP contribution in [0.2, 0.25) is 0 Å². The Balaban J connectivity index is 1.50. The van der Waals surface area contributed by atoms with Crippen molar-refractivity contribution in [3.8, 4) is 22.6 Å². The number of benzene rings is 5. The average Bonchev–Trinajstić information content (AvgIpc) is 2.92. The van der Waals surface area contributed by atoms with Crippen molar-refractivity contribution in [2.24, 2.45) is 0 Å². The Kier molecular flexibility index (Phi) is 4.18. The third kappa shape index (κ3) is 2.96. The summed E-state index contributed by atoms with van der Waals surface area (Å²) in [6.45, 7) is 0. The van der Waals surface area contributed by atoms with E-state index >= 15 is 0 Å². The third-order valence-corrected chi connectivity index (χ3v) is 6.63. The van der Waals surface area contributed by atoms with Gasteiger partial charge in [-0.3, -0.25) is 0 Å². The molecule has 0 radical (unpaired) electrons. The Bertz CT molecular complexity index is 1850. The minimum absolute atomic E-state index is 0.886. The maximum atomic E-state index is 5.10. The van der Waals surface area contributed by atoms with Crippen LogP contribution in [0.5, 0.6) is 0 Å². The predicted molar refractivity (Wildman–Crippen MR) is 143 cm³/mol.